The number of rotatable bonds is 6. The SMILES string of the molecule is O=C(O)COc1c(Br)cc(/C=N/NC(=O)c2cc3ccccc3o2)cc1Br. The van der Waals surface area contributed by atoms with Crippen LogP contribution in [0.15, 0.2) is 60.9 Å². The van der Waals surface area contributed by atoms with Gasteiger partial charge in [0.1, 0.15) is 11.3 Å². The minimum absolute atomic E-state index is 0.160. The number of amides is 1. The molecule has 2 aromatic carbocycles. The Hall–Kier alpha value is -2.65. The topological polar surface area (TPSA) is 101 Å². The van der Waals surface area contributed by atoms with E-state index in [1.54, 1.807) is 24.3 Å². The molecule has 0 saturated carbocycles. The van der Waals surface area contributed by atoms with Crippen molar-refractivity contribution < 1.29 is 23.8 Å². The summed E-state index contributed by atoms with van der Waals surface area (Å²) in [5.41, 5.74) is 3.67. The van der Waals surface area contributed by atoms with Crippen molar-refractivity contribution in [2.45, 2.75) is 0 Å². The molecule has 27 heavy (non-hydrogen) atoms. The Morgan fingerprint density at radius 2 is 1.89 bits per heavy atom. The van der Waals surface area contributed by atoms with Crippen LogP contribution >= 0.6 is 31.9 Å². The number of fused-ring (bicyclic) bond motifs is 1. The summed E-state index contributed by atoms with van der Waals surface area (Å²) in [6.45, 7) is -0.460. The van der Waals surface area contributed by atoms with Crippen LogP contribution in [0.3, 0.4) is 0 Å². The minimum atomic E-state index is -1.08. The number of hydrogen-bond donors (Lipinski definition) is 2. The van der Waals surface area contributed by atoms with Crippen LogP contribution in [0.5, 0.6) is 5.75 Å². The molecule has 0 aliphatic carbocycles. The Bertz CT molecular complexity index is 989. The zero-order valence-corrected chi connectivity index (χ0v) is 16.8. The first-order chi connectivity index (χ1) is 12.9. The van der Waals surface area contributed by atoms with E-state index in [9.17, 15) is 9.59 Å². The summed E-state index contributed by atoms with van der Waals surface area (Å²) in [5.74, 6) is -1.02. The predicted octanol–water partition coefficient (Wildman–Crippen LogP) is 4.19. The maximum atomic E-state index is 12.1. The van der Waals surface area contributed by atoms with Crippen LogP contribution in [0, 0.1) is 0 Å². The van der Waals surface area contributed by atoms with Crippen LogP contribution in [-0.2, 0) is 4.79 Å². The summed E-state index contributed by atoms with van der Waals surface area (Å²) < 4.78 is 11.7. The van der Waals surface area contributed by atoms with Crippen LogP contribution in [0.4, 0.5) is 0 Å². The number of ether oxygens (including phenoxy) is 1. The van der Waals surface area contributed by atoms with Gasteiger partial charge in [0.15, 0.2) is 12.4 Å². The number of hydrazone groups is 1. The van der Waals surface area contributed by atoms with Crippen molar-refractivity contribution in [1.82, 2.24) is 5.43 Å². The molecule has 138 valence electrons. The van der Waals surface area contributed by atoms with Gasteiger partial charge >= 0.3 is 11.9 Å². The van der Waals surface area contributed by atoms with Crippen molar-refractivity contribution in [2.75, 3.05) is 6.61 Å². The lowest BCUT2D eigenvalue weighted by atomic mass is 10.2. The third-order valence-corrected chi connectivity index (χ3v) is 4.57. The van der Waals surface area contributed by atoms with Crippen molar-refractivity contribution in [2.24, 2.45) is 5.10 Å². The summed E-state index contributed by atoms with van der Waals surface area (Å²) >= 11 is 6.63. The number of nitrogens with zero attached hydrogens (tertiary/aromatic N) is 1. The number of carbonyl (C=O) groups excluding carboxylic acids is 1. The second kappa shape index (κ2) is 8.36. The highest BCUT2D eigenvalue weighted by atomic mass is 79.9. The van der Waals surface area contributed by atoms with Gasteiger partial charge in [-0.05, 0) is 61.7 Å². The van der Waals surface area contributed by atoms with Gasteiger partial charge in [-0.1, -0.05) is 18.2 Å². The minimum Gasteiger partial charge on any atom is -0.480 e. The summed E-state index contributed by atoms with van der Waals surface area (Å²) in [5, 5.41) is 13.4. The fourth-order valence-electron chi connectivity index (χ4n) is 2.24. The van der Waals surface area contributed by atoms with E-state index in [1.165, 1.54) is 6.21 Å². The smallest absolute Gasteiger partial charge is 0.341 e. The standard InChI is InChI=1S/C18H12Br2N2O5/c19-12-5-10(6-13(20)17(12)26-9-16(23)24)8-21-22-18(25)15-7-11-3-1-2-4-14(11)27-15/h1-8H,9H2,(H,22,25)(H,23,24)/b21-8+. The Morgan fingerprint density at radius 1 is 1.19 bits per heavy atom. The van der Waals surface area contributed by atoms with E-state index >= 15 is 0 Å². The van der Waals surface area contributed by atoms with Crippen LogP contribution in [0.1, 0.15) is 16.1 Å². The molecule has 0 unspecified atom stereocenters. The Balaban J connectivity index is 1.68. The van der Waals surface area contributed by atoms with Crippen molar-refractivity contribution in [3.05, 3.63) is 62.7 Å². The van der Waals surface area contributed by atoms with E-state index in [4.69, 9.17) is 14.3 Å². The quantitative estimate of drug-likeness (QED) is 0.394. The van der Waals surface area contributed by atoms with E-state index in [2.05, 4.69) is 42.4 Å². The van der Waals surface area contributed by atoms with Gasteiger partial charge in [-0.15, -0.1) is 0 Å². The Kier molecular flexibility index (Phi) is 5.92. The second-order valence-electron chi connectivity index (χ2n) is 5.34. The molecule has 3 rings (SSSR count). The number of carboxylic acids is 1. The van der Waals surface area contributed by atoms with Crippen LogP contribution in [0.25, 0.3) is 11.0 Å². The fourth-order valence-corrected chi connectivity index (χ4v) is 3.69. The average Bonchev–Trinajstić information content (AvgIpc) is 3.05. The highest BCUT2D eigenvalue weighted by molar-refractivity contribution is 9.11. The summed E-state index contributed by atoms with van der Waals surface area (Å²) in [4.78, 5) is 22.7. The van der Waals surface area contributed by atoms with Crippen molar-refractivity contribution in [3.8, 4) is 5.75 Å². The van der Waals surface area contributed by atoms with Crippen molar-refractivity contribution in [3.63, 3.8) is 0 Å². The fraction of sp³-hybridized carbons (Fsp3) is 0.0556. The van der Waals surface area contributed by atoms with Gasteiger partial charge in [0.25, 0.3) is 0 Å². The van der Waals surface area contributed by atoms with Gasteiger partial charge in [-0.25, -0.2) is 10.2 Å². The van der Waals surface area contributed by atoms with Gasteiger partial charge in [0, 0.05) is 5.39 Å². The lowest BCUT2D eigenvalue weighted by Crippen LogP contribution is -2.16. The van der Waals surface area contributed by atoms with Crippen LogP contribution in [-0.4, -0.2) is 29.8 Å². The van der Waals surface area contributed by atoms with Gasteiger partial charge in [-0.3, -0.25) is 4.79 Å². The normalized spacial score (nSPS) is 11.0. The molecule has 1 aromatic heterocycles. The first-order valence-corrected chi connectivity index (χ1v) is 9.18. The first-order valence-electron chi connectivity index (χ1n) is 7.59. The maximum Gasteiger partial charge on any atom is 0.341 e. The lowest BCUT2D eigenvalue weighted by molar-refractivity contribution is -0.139. The third-order valence-electron chi connectivity index (χ3n) is 3.39. The second-order valence-corrected chi connectivity index (χ2v) is 7.05. The highest BCUT2D eigenvalue weighted by Gasteiger charge is 2.12. The molecule has 3 aromatic rings. The number of carboxylic acid groups (broad SMARTS) is 1. The van der Waals surface area contributed by atoms with Gasteiger partial charge in [0.2, 0.25) is 0 Å². The zero-order chi connectivity index (χ0) is 19.4. The lowest BCUT2D eigenvalue weighted by Gasteiger charge is -2.09. The monoisotopic (exact) mass is 494 g/mol. The molecule has 0 fully saturated rings. The number of benzene rings is 2. The number of halogens is 2. The van der Waals surface area contributed by atoms with Crippen molar-refractivity contribution >= 4 is 60.9 Å². The molecule has 9 heteroatoms. The van der Waals surface area contributed by atoms with Gasteiger partial charge in [-0.2, -0.15) is 5.10 Å². The van der Waals surface area contributed by atoms with Gasteiger partial charge in [0.05, 0.1) is 15.2 Å². The third kappa shape index (κ3) is 4.75. The van der Waals surface area contributed by atoms with Crippen molar-refractivity contribution in [1.29, 1.82) is 0 Å². The molecule has 1 heterocycles. The molecule has 2 N–H and O–H groups in total. The first kappa shape index (κ1) is 19.1. The highest BCUT2D eigenvalue weighted by Crippen LogP contribution is 2.34. The van der Waals surface area contributed by atoms with Gasteiger partial charge < -0.3 is 14.3 Å². The molecule has 1 amide bonds. The Labute approximate surface area is 170 Å². The summed E-state index contributed by atoms with van der Waals surface area (Å²) in [6, 6.07) is 12.3. The molecule has 0 saturated heterocycles. The molecule has 0 atom stereocenters. The molecule has 0 radical (unpaired) electrons. The Morgan fingerprint density at radius 3 is 2.56 bits per heavy atom. The summed E-state index contributed by atoms with van der Waals surface area (Å²) in [7, 11) is 0. The molecular formula is C18H12Br2N2O5. The molecule has 0 bridgehead atoms. The predicted molar refractivity (Wildman–Crippen MR) is 106 cm³/mol. The van der Waals surface area contributed by atoms with E-state index in [-0.39, 0.29) is 5.76 Å². The molecule has 0 aliphatic rings. The number of aliphatic carboxylic acids is 1. The van der Waals surface area contributed by atoms with Crippen LogP contribution in [0.2, 0.25) is 0 Å². The number of nitrogens with one attached hydrogen (secondary N) is 1. The van der Waals surface area contributed by atoms with Crippen LogP contribution < -0.4 is 10.2 Å². The molecular weight excluding hydrogens is 484 g/mol. The molecule has 0 spiro atoms. The van der Waals surface area contributed by atoms with E-state index in [1.807, 2.05) is 18.2 Å². The molecule has 7 nitrogen and oxygen atoms in total. The largest absolute Gasteiger partial charge is 0.480 e. The van der Waals surface area contributed by atoms with E-state index < -0.39 is 18.5 Å². The number of para-hydroxylation sites is 1. The molecule has 0 aliphatic heterocycles. The van der Waals surface area contributed by atoms with E-state index in [0.717, 1.165) is 5.39 Å². The summed E-state index contributed by atoms with van der Waals surface area (Å²) in [6.07, 6.45) is 1.44. The van der Waals surface area contributed by atoms with E-state index in [0.29, 0.717) is 25.8 Å². The average molecular weight is 496 g/mol. The zero-order valence-electron chi connectivity index (χ0n) is 13.6. The number of carbonyl (C=O) groups is 2. The number of hydrogen-bond acceptors (Lipinski definition) is 5. The maximum absolute atomic E-state index is 12.1. The number of furan rings is 1.